The molecule has 3 aliphatic rings. The van der Waals surface area contributed by atoms with Crippen LogP contribution in [0.25, 0.3) is 5.57 Å². The zero-order valence-corrected chi connectivity index (χ0v) is 15.6. The summed E-state index contributed by atoms with van der Waals surface area (Å²) in [6.07, 6.45) is 8.44. The molecule has 3 nitrogen and oxygen atoms in total. The molecule has 0 bridgehead atoms. The summed E-state index contributed by atoms with van der Waals surface area (Å²) < 4.78 is 17.1. The normalized spacial score (nSPS) is 32.6. The van der Waals surface area contributed by atoms with Crippen molar-refractivity contribution in [3.8, 4) is 5.75 Å². The van der Waals surface area contributed by atoms with Gasteiger partial charge < -0.3 is 14.2 Å². The zero-order valence-electron chi connectivity index (χ0n) is 15.6. The lowest BCUT2D eigenvalue weighted by molar-refractivity contribution is -0.0387. The van der Waals surface area contributed by atoms with Gasteiger partial charge in [0.15, 0.2) is 0 Å². The van der Waals surface area contributed by atoms with E-state index >= 15 is 0 Å². The molecule has 0 N–H and O–H groups in total. The number of methoxy groups -OCH3 is 1. The van der Waals surface area contributed by atoms with Crippen LogP contribution in [0, 0.1) is 17.3 Å². The molecule has 0 amide bonds. The van der Waals surface area contributed by atoms with Gasteiger partial charge in [0.05, 0.1) is 26.9 Å². The quantitative estimate of drug-likeness (QED) is 0.752. The minimum Gasteiger partial charge on any atom is -0.497 e. The highest BCUT2D eigenvalue weighted by molar-refractivity contribution is 5.73. The topological polar surface area (TPSA) is 27.7 Å². The van der Waals surface area contributed by atoms with Gasteiger partial charge in [0.1, 0.15) is 5.75 Å². The number of benzene rings is 1. The van der Waals surface area contributed by atoms with Crippen LogP contribution >= 0.6 is 0 Å². The van der Waals surface area contributed by atoms with Crippen molar-refractivity contribution in [3.05, 3.63) is 35.4 Å². The van der Waals surface area contributed by atoms with Crippen LogP contribution in [0.15, 0.2) is 24.3 Å². The molecular weight excluding hydrogens is 312 g/mol. The number of aryl methyl sites for hydroxylation is 1. The number of ether oxygens (including phenoxy) is 3. The molecule has 1 aliphatic heterocycles. The van der Waals surface area contributed by atoms with Gasteiger partial charge in [-0.25, -0.2) is 0 Å². The first kappa shape index (κ1) is 17.1. The van der Waals surface area contributed by atoms with Crippen molar-refractivity contribution in [2.75, 3.05) is 33.5 Å². The fraction of sp³-hybridized carbons (Fsp3) is 0.636. The molecule has 4 rings (SSSR count). The van der Waals surface area contributed by atoms with Crippen molar-refractivity contribution in [1.29, 1.82) is 0 Å². The highest BCUT2D eigenvalue weighted by atomic mass is 16.5. The number of hydrogen-bond donors (Lipinski definition) is 0. The third-order valence-corrected chi connectivity index (χ3v) is 6.52. The molecule has 0 spiro atoms. The van der Waals surface area contributed by atoms with Gasteiger partial charge in [0.25, 0.3) is 0 Å². The van der Waals surface area contributed by atoms with Crippen LogP contribution in [0.1, 0.15) is 43.7 Å². The highest BCUT2D eigenvalue weighted by Gasteiger charge is 2.44. The molecule has 1 heterocycles. The van der Waals surface area contributed by atoms with Crippen LogP contribution in [0.5, 0.6) is 5.75 Å². The van der Waals surface area contributed by atoms with E-state index in [0.717, 1.165) is 45.0 Å². The van der Waals surface area contributed by atoms with Crippen molar-refractivity contribution < 1.29 is 14.2 Å². The molecule has 3 atom stereocenters. The molecule has 136 valence electrons. The van der Waals surface area contributed by atoms with E-state index in [0.29, 0.717) is 11.8 Å². The molecular formula is C22H30O3. The van der Waals surface area contributed by atoms with Crippen LogP contribution < -0.4 is 4.74 Å². The lowest BCUT2D eigenvalue weighted by Crippen LogP contribution is -2.42. The summed E-state index contributed by atoms with van der Waals surface area (Å²) in [6.45, 7) is 5.63. The summed E-state index contributed by atoms with van der Waals surface area (Å²) in [5, 5.41) is 0. The van der Waals surface area contributed by atoms with Gasteiger partial charge in [-0.1, -0.05) is 19.1 Å². The minimum atomic E-state index is 0.259. The second-order valence-electron chi connectivity index (χ2n) is 8.10. The van der Waals surface area contributed by atoms with Crippen LogP contribution in [0.3, 0.4) is 0 Å². The average Bonchev–Trinajstić information content (AvgIpc) is 2.64. The Morgan fingerprint density at radius 2 is 2.00 bits per heavy atom. The maximum absolute atomic E-state index is 5.99. The molecule has 1 aromatic carbocycles. The first-order valence-corrected chi connectivity index (χ1v) is 9.74. The van der Waals surface area contributed by atoms with Crippen LogP contribution in [-0.4, -0.2) is 33.5 Å². The molecule has 3 unspecified atom stereocenters. The SMILES string of the molecule is COc1ccc2c(c1)CCC1C2=CCC2(C)COCCOCCCC12. The van der Waals surface area contributed by atoms with Gasteiger partial charge in [0, 0.05) is 6.61 Å². The Kier molecular flexibility index (Phi) is 4.88. The predicted molar refractivity (Wildman–Crippen MR) is 99.9 cm³/mol. The molecule has 2 aliphatic carbocycles. The molecule has 0 radical (unpaired) electrons. The van der Waals surface area contributed by atoms with Gasteiger partial charge in [-0.15, -0.1) is 0 Å². The third-order valence-electron chi connectivity index (χ3n) is 6.52. The number of hydrogen-bond acceptors (Lipinski definition) is 3. The number of rotatable bonds is 1. The first-order chi connectivity index (χ1) is 12.2. The fourth-order valence-corrected chi connectivity index (χ4v) is 5.16. The average molecular weight is 342 g/mol. The highest BCUT2D eigenvalue weighted by Crippen LogP contribution is 2.53. The Balaban J connectivity index is 1.66. The summed E-state index contributed by atoms with van der Waals surface area (Å²) in [5.41, 5.74) is 4.73. The Morgan fingerprint density at radius 3 is 2.88 bits per heavy atom. The molecule has 3 heteroatoms. The fourth-order valence-electron chi connectivity index (χ4n) is 5.16. The molecule has 0 saturated carbocycles. The third kappa shape index (κ3) is 3.24. The number of allylic oxidation sites excluding steroid dienone is 2. The van der Waals surface area contributed by atoms with Crippen molar-refractivity contribution >= 4 is 5.57 Å². The van der Waals surface area contributed by atoms with Crippen LogP contribution in [0.4, 0.5) is 0 Å². The summed E-state index contributed by atoms with van der Waals surface area (Å²) in [6, 6.07) is 6.61. The molecule has 1 fully saturated rings. The van der Waals surface area contributed by atoms with E-state index in [1.54, 1.807) is 12.7 Å². The van der Waals surface area contributed by atoms with E-state index in [2.05, 4.69) is 31.2 Å². The number of fused-ring (bicyclic) bond motifs is 5. The maximum Gasteiger partial charge on any atom is 0.119 e. The Morgan fingerprint density at radius 1 is 1.12 bits per heavy atom. The summed E-state index contributed by atoms with van der Waals surface area (Å²) in [4.78, 5) is 0. The van der Waals surface area contributed by atoms with Crippen molar-refractivity contribution in [1.82, 2.24) is 0 Å². The van der Waals surface area contributed by atoms with Gasteiger partial charge >= 0.3 is 0 Å². The molecule has 0 aromatic heterocycles. The van der Waals surface area contributed by atoms with E-state index in [4.69, 9.17) is 14.2 Å². The summed E-state index contributed by atoms with van der Waals surface area (Å²) in [7, 11) is 1.75. The van der Waals surface area contributed by atoms with Gasteiger partial charge in [-0.2, -0.15) is 0 Å². The maximum atomic E-state index is 5.99. The minimum absolute atomic E-state index is 0.259. The summed E-state index contributed by atoms with van der Waals surface area (Å²) in [5.74, 6) is 2.31. The Bertz CT molecular complexity index is 651. The second-order valence-corrected chi connectivity index (χ2v) is 8.10. The van der Waals surface area contributed by atoms with Crippen molar-refractivity contribution in [2.24, 2.45) is 17.3 Å². The molecule has 25 heavy (non-hydrogen) atoms. The smallest absolute Gasteiger partial charge is 0.119 e. The Labute approximate surface area is 151 Å². The van der Waals surface area contributed by atoms with Crippen molar-refractivity contribution in [3.63, 3.8) is 0 Å². The Hall–Kier alpha value is -1.32. The predicted octanol–water partition coefficient (Wildman–Crippen LogP) is 4.49. The van der Waals surface area contributed by atoms with E-state index in [-0.39, 0.29) is 5.41 Å². The van der Waals surface area contributed by atoms with E-state index in [9.17, 15) is 0 Å². The van der Waals surface area contributed by atoms with E-state index in [1.165, 1.54) is 30.4 Å². The van der Waals surface area contributed by atoms with Gasteiger partial charge in [-0.3, -0.25) is 0 Å². The lowest BCUT2D eigenvalue weighted by Gasteiger charge is -2.48. The van der Waals surface area contributed by atoms with Gasteiger partial charge in [0.2, 0.25) is 0 Å². The molecule has 1 aromatic rings. The molecule has 1 saturated heterocycles. The monoisotopic (exact) mass is 342 g/mol. The van der Waals surface area contributed by atoms with E-state index in [1.807, 2.05) is 0 Å². The zero-order chi connectivity index (χ0) is 17.3. The van der Waals surface area contributed by atoms with Crippen LogP contribution in [-0.2, 0) is 15.9 Å². The first-order valence-electron chi connectivity index (χ1n) is 9.74. The second kappa shape index (κ2) is 7.13. The van der Waals surface area contributed by atoms with Crippen LogP contribution in [0.2, 0.25) is 0 Å². The van der Waals surface area contributed by atoms with Crippen molar-refractivity contribution in [2.45, 2.75) is 39.0 Å². The summed E-state index contributed by atoms with van der Waals surface area (Å²) >= 11 is 0. The standard InChI is InChI=1S/C22H30O3/c1-22-10-9-19-18-8-6-17(23-2)14-16(18)5-7-20(19)21(22)4-3-11-24-12-13-25-15-22/h6,8-9,14,20-21H,3-5,7,10-13,15H2,1-2H3. The lowest BCUT2D eigenvalue weighted by atomic mass is 9.58. The van der Waals surface area contributed by atoms with E-state index < -0.39 is 0 Å². The van der Waals surface area contributed by atoms with Gasteiger partial charge in [-0.05, 0) is 78.2 Å². The largest absolute Gasteiger partial charge is 0.497 e.